The van der Waals surface area contributed by atoms with Crippen molar-refractivity contribution in [1.82, 2.24) is 10.6 Å². The predicted molar refractivity (Wildman–Crippen MR) is 166 cm³/mol. The Morgan fingerprint density at radius 1 is 0.864 bits per heavy atom. The van der Waals surface area contributed by atoms with Crippen molar-refractivity contribution in [1.29, 1.82) is 0 Å². The number of carbonyl (C=O) groups is 2. The molecule has 0 aromatic heterocycles. The van der Waals surface area contributed by atoms with Crippen molar-refractivity contribution in [2.45, 2.75) is 63.5 Å². The molecule has 0 aliphatic heterocycles. The summed E-state index contributed by atoms with van der Waals surface area (Å²) in [6, 6.07) is 15.5. The molecule has 10 nitrogen and oxygen atoms in total. The number of hydrogen-bond acceptors (Lipinski definition) is 8. The Labute approximate surface area is 261 Å². The molecule has 4 rings (SSSR count). The summed E-state index contributed by atoms with van der Waals surface area (Å²) in [5.41, 5.74) is 3.02. The highest BCUT2D eigenvalue weighted by Crippen LogP contribution is 2.47. The Hall–Kier alpha value is -3.18. The Morgan fingerprint density at radius 2 is 1.59 bits per heavy atom. The van der Waals surface area contributed by atoms with Crippen LogP contribution < -0.4 is 15.4 Å². The maximum atomic E-state index is 13.0. The van der Waals surface area contributed by atoms with Gasteiger partial charge in [0.25, 0.3) is 0 Å². The molecule has 44 heavy (non-hydrogen) atoms. The van der Waals surface area contributed by atoms with Crippen LogP contribution in [0.25, 0.3) is 0 Å². The van der Waals surface area contributed by atoms with E-state index in [1.807, 2.05) is 42.5 Å². The van der Waals surface area contributed by atoms with Gasteiger partial charge in [-0.15, -0.1) is 0 Å². The lowest BCUT2D eigenvalue weighted by atomic mass is 9.59. The lowest BCUT2D eigenvalue weighted by Crippen LogP contribution is -2.57. The molecular weight excluding hydrogens is 564 g/mol. The lowest BCUT2D eigenvalue weighted by Gasteiger charge is -2.49. The van der Waals surface area contributed by atoms with E-state index in [1.54, 1.807) is 7.11 Å². The molecule has 0 radical (unpaired) electrons. The molecule has 1 fully saturated rings. The zero-order valence-electron chi connectivity index (χ0n) is 26.1. The predicted octanol–water partition coefficient (Wildman–Crippen LogP) is 5.16. The molecule has 0 saturated heterocycles. The number of amides is 2. The first-order valence-electron chi connectivity index (χ1n) is 15.8. The van der Waals surface area contributed by atoms with E-state index in [4.69, 9.17) is 28.4 Å². The molecule has 2 amide bonds. The van der Waals surface area contributed by atoms with Crippen molar-refractivity contribution < 1.29 is 38.0 Å². The van der Waals surface area contributed by atoms with Crippen molar-refractivity contribution in [2.24, 2.45) is 5.92 Å². The molecule has 10 heteroatoms. The summed E-state index contributed by atoms with van der Waals surface area (Å²) in [6.07, 6.45) is 5.30. The number of rotatable bonds is 16. The summed E-state index contributed by atoms with van der Waals surface area (Å²) in [6.45, 7) is 6.12. The molecule has 2 aliphatic carbocycles. The van der Waals surface area contributed by atoms with Crippen molar-refractivity contribution in [2.75, 3.05) is 59.9 Å². The van der Waals surface area contributed by atoms with E-state index in [0.29, 0.717) is 64.5 Å². The van der Waals surface area contributed by atoms with E-state index in [0.717, 1.165) is 43.2 Å². The van der Waals surface area contributed by atoms with Crippen LogP contribution in [-0.2, 0) is 42.1 Å². The Balaban J connectivity index is 1.26. The first-order chi connectivity index (χ1) is 21.5. The molecule has 2 N–H and O–H groups in total. The van der Waals surface area contributed by atoms with Crippen LogP contribution in [-0.4, -0.2) is 78.1 Å². The van der Waals surface area contributed by atoms with Crippen molar-refractivity contribution in [3.63, 3.8) is 0 Å². The van der Waals surface area contributed by atoms with Crippen molar-refractivity contribution in [3.05, 3.63) is 65.2 Å². The smallest absolute Gasteiger partial charge is 0.412 e. The van der Waals surface area contributed by atoms with Gasteiger partial charge in [0.1, 0.15) is 12.4 Å². The number of nitrogens with one attached hydrogen (secondary N) is 2. The number of ether oxygens (including phenoxy) is 6. The van der Waals surface area contributed by atoms with E-state index < -0.39 is 12.2 Å². The lowest BCUT2D eigenvalue weighted by molar-refractivity contribution is 0.00419. The average Bonchev–Trinajstić information content (AvgIpc) is 3.02. The van der Waals surface area contributed by atoms with Crippen LogP contribution in [0, 0.1) is 5.92 Å². The number of hydrogen-bond donors (Lipinski definition) is 2. The monoisotopic (exact) mass is 612 g/mol. The van der Waals surface area contributed by atoms with E-state index in [2.05, 4.69) is 23.6 Å². The molecule has 2 aromatic carbocycles. The minimum absolute atomic E-state index is 0.0769. The number of methoxy groups -OCH3 is 1. The third-order valence-electron chi connectivity index (χ3n) is 8.50. The second-order valence-corrected chi connectivity index (χ2v) is 11.6. The van der Waals surface area contributed by atoms with Gasteiger partial charge in [-0.05, 0) is 54.0 Å². The number of alkyl carbamates (subject to hydrolysis) is 1. The average molecular weight is 613 g/mol. The summed E-state index contributed by atoms with van der Waals surface area (Å²) in [5, 5.41) is 5.99. The summed E-state index contributed by atoms with van der Waals surface area (Å²) in [5.74, 6) is 0.794. The van der Waals surface area contributed by atoms with Gasteiger partial charge < -0.3 is 39.1 Å². The molecule has 1 saturated carbocycles. The molecule has 2 bridgehead atoms. The van der Waals surface area contributed by atoms with Crippen molar-refractivity contribution >= 4 is 12.2 Å². The van der Waals surface area contributed by atoms with Gasteiger partial charge in [0.15, 0.2) is 0 Å². The highest BCUT2D eigenvalue weighted by Gasteiger charge is 2.46. The Kier molecular flexibility index (Phi) is 13.8. The Bertz CT molecular complexity index is 1160. The molecule has 0 heterocycles. The summed E-state index contributed by atoms with van der Waals surface area (Å²) < 4.78 is 32.5. The second kappa shape index (κ2) is 17.9. The van der Waals surface area contributed by atoms with Crippen LogP contribution in [0.2, 0.25) is 0 Å². The quantitative estimate of drug-likeness (QED) is 0.250. The number of fused-ring (bicyclic) bond motifs is 4. The van der Waals surface area contributed by atoms with Gasteiger partial charge in [-0.25, -0.2) is 9.59 Å². The van der Waals surface area contributed by atoms with Crippen LogP contribution in [0.3, 0.4) is 0 Å². The fourth-order valence-corrected chi connectivity index (χ4v) is 6.27. The summed E-state index contributed by atoms with van der Waals surface area (Å²) in [4.78, 5) is 25.5. The third-order valence-corrected chi connectivity index (χ3v) is 8.50. The molecule has 2 aromatic rings. The third kappa shape index (κ3) is 10.2. The number of carbonyl (C=O) groups excluding carboxylic acids is 2. The van der Waals surface area contributed by atoms with E-state index in [-0.39, 0.29) is 18.1 Å². The molecule has 242 valence electrons. The maximum absolute atomic E-state index is 13.0. The standard InChI is InChI=1S/C34H48N2O8/c1-34-14-8-4-7-11-28(31(34)36-33(38)43-25-26-9-5-3-6-10-26)23-27-12-13-29(24-30(27)34)44-32(37)35-15-16-40-19-20-42-22-21-41-18-17-39-2/h3,5-6,9-10,12-13,24,28,31H,4,7-8,11,14-23,25H2,1-2H3,(H,35,37)(H,36,38)/t28-,31-,34+/m0/s1. The van der Waals surface area contributed by atoms with Crippen LogP contribution in [0.4, 0.5) is 9.59 Å². The van der Waals surface area contributed by atoms with Crippen LogP contribution in [0.5, 0.6) is 5.75 Å². The minimum atomic E-state index is -0.534. The molecule has 3 atom stereocenters. The van der Waals surface area contributed by atoms with E-state index in [9.17, 15) is 9.59 Å². The molecule has 0 unspecified atom stereocenters. The highest BCUT2D eigenvalue weighted by molar-refractivity contribution is 5.71. The second-order valence-electron chi connectivity index (χ2n) is 11.6. The zero-order valence-corrected chi connectivity index (χ0v) is 26.1. The first-order valence-corrected chi connectivity index (χ1v) is 15.8. The number of benzene rings is 2. The Morgan fingerprint density at radius 3 is 2.34 bits per heavy atom. The minimum Gasteiger partial charge on any atom is -0.445 e. The first kappa shape index (κ1) is 33.7. The van der Waals surface area contributed by atoms with Crippen molar-refractivity contribution in [3.8, 4) is 5.75 Å². The fourth-order valence-electron chi connectivity index (χ4n) is 6.27. The summed E-state index contributed by atoms with van der Waals surface area (Å²) in [7, 11) is 1.63. The normalized spacial score (nSPS) is 21.0. The summed E-state index contributed by atoms with van der Waals surface area (Å²) >= 11 is 0. The van der Waals surface area contributed by atoms with Gasteiger partial charge in [-0.2, -0.15) is 0 Å². The van der Waals surface area contributed by atoms with Gasteiger partial charge in [-0.1, -0.05) is 62.6 Å². The highest BCUT2D eigenvalue weighted by atomic mass is 16.6. The van der Waals surface area contributed by atoms with E-state index >= 15 is 0 Å². The van der Waals surface area contributed by atoms with Crippen LogP contribution in [0.15, 0.2) is 48.5 Å². The van der Waals surface area contributed by atoms with E-state index in [1.165, 1.54) is 12.0 Å². The van der Waals surface area contributed by atoms with Gasteiger partial charge in [0, 0.05) is 25.1 Å². The fraction of sp³-hybridized carbons (Fsp3) is 0.588. The molecular formula is C34H48N2O8. The largest absolute Gasteiger partial charge is 0.445 e. The van der Waals surface area contributed by atoms with Crippen LogP contribution >= 0.6 is 0 Å². The SMILES string of the molecule is COCCOCCOCCOCCNC(=O)Oc1ccc2c(c1)[C@@]1(C)CCCCC[C@@H](C2)[C@@H]1NC(=O)OCc1ccccc1. The van der Waals surface area contributed by atoms with Gasteiger partial charge in [-0.3, -0.25) is 0 Å². The van der Waals surface area contributed by atoms with Gasteiger partial charge >= 0.3 is 12.2 Å². The van der Waals surface area contributed by atoms with Crippen LogP contribution in [0.1, 0.15) is 55.7 Å². The van der Waals surface area contributed by atoms with Gasteiger partial charge in [0.2, 0.25) is 0 Å². The van der Waals surface area contributed by atoms with Gasteiger partial charge in [0.05, 0.1) is 46.2 Å². The maximum Gasteiger partial charge on any atom is 0.412 e. The molecule has 2 aliphatic rings. The zero-order chi connectivity index (χ0) is 31.0. The topological polar surface area (TPSA) is 114 Å². The molecule has 0 spiro atoms.